The molecule has 0 atom stereocenters. The summed E-state index contributed by atoms with van der Waals surface area (Å²) in [5.74, 6) is 5.99. The van der Waals surface area contributed by atoms with Gasteiger partial charge in [-0.25, -0.2) is 5.43 Å². The monoisotopic (exact) mass is 229 g/mol. The van der Waals surface area contributed by atoms with Crippen LogP contribution >= 0.6 is 11.6 Å². The zero-order valence-electron chi connectivity index (χ0n) is 8.72. The quantitative estimate of drug-likeness (QED) is 0.294. The summed E-state index contributed by atoms with van der Waals surface area (Å²) in [4.78, 5) is 0. The molecule has 1 aromatic rings. The Morgan fingerprint density at radius 3 is 2.93 bits per heavy atom. The van der Waals surface area contributed by atoms with E-state index >= 15 is 0 Å². The lowest BCUT2D eigenvalue weighted by Crippen LogP contribution is -2.34. The van der Waals surface area contributed by atoms with Crippen LogP contribution in [0, 0.1) is 0 Å². The maximum Gasteiger partial charge on any atom is 0.122 e. The number of benzene rings is 1. The highest BCUT2D eigenvalue weighted by Gasteiger charge is 2.02. The van der Waals surface area contributed by atoms with E-state index in [1.165, 1.54) is 0 Å². The molecule has 5 heteroatoms. The maximum absolute atomic E-state index is 5.91. The summed E-state index contributed by atoms with van der Waals surface area (Å²) < 4.78 is 5.23. The molecule has 15 heavy (non-hydrogen) atoms. The number of halogens is 1. The number of rotatable bonds is 6. The summed E-state index contributed by atoms with van der Waals surface area (Å²) in [6.45, 7) is 1.41. The van der Waals surface area contributed by atoms with Gasteiger partial charge in [-0.05, 0) is 30.2 Å². The summed E-state index contributed by atoms with van der Waals surface area (Å²) >= 11 is 5.91. The average molecular weight is 230 g/mol. The predicted octanol–water partition coefficient (Wildman–Crippen LogP) is 0.901. The molecule has 0 fully saturated rings. The second-order valence-electron chi connectivity index (χ2n) is 3.09. The van der Waals surface area contributed by atoms with Gasteiger partial charge in [0.1, 0.15) is 5.75 Å². The number of nitrogens with two attached hydrogens (primary N) is 1. The summed E-state index contributed by atoms with van der Waals surface area (Å²) in [6, 6.07) is 5.61. The number of nitrogens with one attached hydrogen (secondary N) is 2. The van der Waals surface area contributed by atoms with Gasteiger partial charge in [0.2, 0.25) is 0 Å². The van der Waals surface area contributed by atoms with Crippen molar-refractivity contribution in [2.45, 2.75) is 6.42 Å². The third-order valence-electron chi connectivity index (χ3n) is 2.04. The van der Waals surface area contributed by atoms with E-state index in [1.807, 2.05) is 18.2 Å². The highest BCUT2D eigenvalue weighted by atomic mass is 35.5. The van der Waals surface area contributed by atoms with E-state index in [9.17, 15) is 0 Å². The SMILES string of the molecule is COc1ccc(Cl)cc1CCNCNN. The summed E-state index contributed by atoms with van der Waals surface area (Å²) in [5.41, 5.74) is 3.62. The number of ether oxygens (including phenoxy) is 1. The molecule has 0 saturated heterocycles. The van der Waals surface area contributed by atoms with Crippen molar-refractivity contribution in [3.8, 4) is 5.75 Å². The first-order valence-corrected chi connectivity index (χ1v) is 5.12. The summed E-state index contributed by atoms with van der Waals surface area (Å²) in [6.07, 6.45) is 0.853. The second-order valence-corrected chi connectivity index (χ2v) is 3.52. The van der Waals surface area contributed by atoms with Gasteiger partial charge in [-0.2, -0.15) is 0 Å². The molecular weight excluding hydrogens is 214 g/mol. The molecule has 0 aliphatic heterocycles. The lowest BCUT2D eigenvalue weighted by Gasteiger charge is -2.09. The third kappa shape index (κ3) is 4.05. The zero-order chi connectivity index (χ0) is 11.1. The van der Waals surface area contributed by atoms with E-state index in [2.05, 4.69) is 10.7 Å². The van der Waals surface area contributed by atoms with Crippen LogP contribution in [0.2, 0.25) is 5.02 Å². The van der Waals surface area contributed by atoms with Gasteiger partial charge in [0.05, 0.1) is 13.8 Å². The molecule has 1 rings (SSSR count). The first-order valence-electron chi connectivity index (χ1n) is 4.74. The van der Waals surface area contributed by atoms with Gasteiger partial charge in [0.15, 0.2) is 0 Å². The predicted molar refractivity (Wildman–Crippen MR) is 61.9 cm³/mol. The van der Waals surface area contributed by atoms with Crippen LogP contribution in [0.4, 0.5) is 0 Å². The van der Waals surface area contributed by atoms with Crippen LogP contribution in [0.25, 0.3) is 0 Å². The molecule has 4 nitrogen and oxygen atoms in total. The van der Waals surface area contributed by atoms with Crippen LogP contribution in [0.15, 0.2) is 18.2 Å². The molecular formula is C10H16ClN3O. The molecule has 0 saturated carbocycles. The smallest absolute Gasteiger partial charge is 0.122 e. The highest BCUT2D eigenvalue weighted by molar-refractivity contribution is 6.30. The van der Waals surface area contributed by atoms with Crippen LogP contribution in [0.3, 0.4) is 0 Å². The number of methoxy groups -OCH3 is 1. The average Bonchev–Trinajstić information content (AvgIpc) is 2.25. The summed E-state index contributed by atoms with van der Waals surface area (Å²) in [5, 5.41) is 3.84. The van der Waals surface area contributed by atoms with Gasteiger partial charge in [0.25, 0.3) is 0 Å². The van der Waals surface area contributed by atoms with E-state index < -0.39 is 0 Å². The largest absolute Gasteiger partial charge is 0.496 e. The van der Waals surface area contributed by atoms with Gasteiger partial charge >= 0.3 is 0 Å². The van der Waals surface area contributed by atoms with E-state index in [0.29, 0.717) is 6.67 Å². The van der Waals surface area contributed by atoms with Crippen LogP contribution in [0.5, 0.6) is 5.75 Å². The molecule has 4 N–H and O–H groups in total. The Hall–Kier alpha value is -0.810. The van der Waals surface area contributed by atoms with Crippen LogP contribution in [0.1, 0.15) is 5.56 Å². The molecule has 84 valence electrons. The minimum Gasteiger partial charge on any atom is -0.496 e. The Bertz CT molecular complexity index is 307. The lowest BCUT2D eigenvalue weighted by atomic mass is 10.1. The molecule has 0 amide bonds. The van der Waals surface area contributed by atoms with Crippen LogP contribution < -0.4 is 21.3 Å². The zero-order valence-corrected chi connectivity index (χ0v) is 9.47. The van der Waals surface area contributed by atoms with Crippen molar-refractivity contribution in [1.29, 1.82) is 0 Å². The number of hydrogen-bond donors (Lipinski definition) is 3. The van der Waals surface area contributed by atoms with Crippen LogP contribution in [-0.2, 0) is 6.42 Å². The van der Waals surface area contributed by atoms with Gasteiger partial charge in [-0.15, -0.1) is 0 Å². The molecule has 0 unspecified atom stereocenters. The molecule has 0 aliphatic rings. The van der Waals surface area contributed by atoms with Gasteiger partial charge in [-0.3, -0.25) is 5.84 Å². The first-order chi connectivity index (χ1) is 7.27. The standard InChI is InChI=1S/C10H16ClN3O/c1-15-10-3-2-9(11)6-8(10)4-5-13-7-14-12/h2-3,6,13-14H,4-5,7,12H2,1H3. The minimum atomic E-state index is 0.586. The first kappa shape index (κ1) is 12.3. The molecule has 0 bridgehead atoms. The van der Waals surface area contributed by atoms with Crippen molar-refractivity contribution < 1.29 is 4.74 Å². The molecule has 0 aromatic heterocycles. The van der Waals surface area contributed by atoms with Crippen molar-refractivity contribution in [1.82, 2.24) is 10.7 Å². The number of hydrazine groups is 1. The second kappa shape index (κ2) is 6.63. The Morgan fingerprint density at radius 1 is 1.47 bits per heavy atom. The van der Waals surface area contributed by atoms with Crippen molar-refractivity contribution in [3.63, 3.8) is 0 Å². The normalized spacial score (nSPS) is 10.3. The van der Waals surface area contributed by atoms with Gasteiger partial charge in [0, 0.05) is 11.6 Å². The van der Waals surface area contributed by atoms with Crippen molar-refractivity contribution in [2.24, 2.45) is 5.84 Å². The van der Waals surface area contributed by atoms with E-state index in [1.54, 1.807) is 7.11 Å². The topological polar surface area (TPSA) is 59.3 Å². The third-order valence-corrected chi connectivity index (χ3v) is 2.28. The van der Waals surface area contributed by atoms with Crippen LogP contribution in [-0.4, -0.2) is 20.3 Å². The Balaban J connectivity index is 2.54. The van der Waals surface area contributed by atoms with E-state index in [4.69, 9.17) is 22.2 Å². The summed E-state index contributed by atoms with van der Waals surface area (Å²) in [7, 11) is 1.65. The Labute approximate surface area is 94.7 Å². The molecule has 0 spiro atoms. The van der Waals surface area contributed by atoms with E-state index in [-0.39, 0.29) is 0 Å². The van der Waals surface area contributed by atoms with E-state index in [0.717, 1.165) is 29.3 Å². The minimum absolute atomic E-state index is 0.586. The lowest BCUT2D eigenvalue weighted by molar-refractivity contribution is 0.409. The molecule has 0 aliphatic carbocycles. The number of hydrogen-bond acceptors (Lipinski definition) is 4. The fourth-order valence-corrected chi connectivity index (χ4v) is 1.52. The highest BCUT2D eigenvalue weighted by Crippen LogP contribution is 2.22. The maximum atomic E-state index is 5.91. The Morgan fingerprint density at radius 2 is 2.27 bits per heavy atom. The fraction of sp³-hybridized carbons (Fsp3) is 0.400. The van der Waals surface area contributed by atoms with Gasteiger partial charge in [-0.1, -0.05) is 11.6 Å². The van der Waals surface area contributed by atoms with Crippen molar-refractivity contribution in [3.05, 3.63) is 28.8 Å². The molecule has 0 radical (unpaired) electrons. The fourth-order valence-electron chi connectivity index (χ4n) is 1.33. The van der Waals surface area contributed by atoms with Crippen molar-refractivity contribution >= 4 is 11.6 Å². The van der Waals surface area contributed by atoms with Crippen molar-refractivity contribution in [2.75, 3.05) is 20.3 Å². The Kier molecular flexibility index (Phi) is 5.42. The molecule has 1 aromatic carbocycles. The van der Waals surface area contributed by atoms with Gasteiger partial charge < -0.3 is 10.1 Å². The molecule has 0 heterocycles.